The van der Waals surface area contributed by atoms with Crippen molar-refractivity contribution in [2.24, 2.45) is 5.41 Å². The third-order valence-corrected chi connectivity index (χ3v) is 8.20. The molecule has 9 heteroatoms. The van der Waals surface area contributed by atoms with Gasteiger partial charge >= 0.3 is 5.97 Å². The Balaban J connectivity index is 1.49. The van der Waals surface area contributed by atoms with Gasteiger partial charge in [0.1, 0.15) is 6.10 Å². The highest BCUT2D eigenvalue weighted by atomic mass is 32.2. The molecule has 2 aliphatic rings. The van der Waals surface area contributed by atoms with E-state index in [9.17, 15) is 13.2 Å². The molecule has 4 rings (SSSR count). The zero-order chi connectivity index (χ0) is 19.2. The number of carbonyl (C=O) groups excluding carboxylic acids is 1. The van der Waals surface area contributed by atoms with Crippen molar-refractivity contribution in [2.45, 2.75) is 30.3 Å². The number of hydrogen-bond donors (Lipinski definition) is 0. The molecule has 1 aromatic carbocycles. The monoisotopic (exact) mass is 409 g/mol. The van der Waals surface area contributed by atoms with Gasteiger partial charge in [0.15, 0.2) is 0 Å². The van der Waals surface area contributed by atoms with Crippen LogP contribution in [0.5, 0.6) is 0 Å². The van der Waals surface area contributed by atoms with E-state index in [1.807, 2.05) is 19.0 Å². The molecule has 1 aromatic heterocycles. The lowest BCUT2D eigenvalue weighted by atomic mass is 9.76. The van der Waals surface area contributed by atoms with Gasteiger partial charge in [0, 0.05) is 26.1 Å². The number of thiazole rings is 1. The topological polar surface area (TPSA) is 79.8 Å². The maximum absolute atomic E-state index is 13.0. The first-order valence-corrected chi connectivity index (χ1v) is 11.3. The fraction of sp³-hybridized carbons (Fsp3) is 0.556. The maximum atomic E-state index is 13.0. The Labute approximate surface area is 163 Å². The van der Waals surface area contributed by atoms with E-state index in [-0.39, 0.29) is 17.0 Å². The third kappa shape index (κ3) is 3.37. The lowest BCUT2D eigenvalue weighted by Gasteiger charge is -2.35. The number of nitrogens with zero attached hydrogens (tertiary/aromatic N) is 3. The predicted octanol–water partition coefficient (Wildman–Crippen LogP) is 1.94. The van der Waals surface area contributed by atoms with Crippen LogP contribution in [-0.4, -0.2) is 68.4 Å². The van der Waals surface area contributed by atoms with Crippen LogP contribution >= 0.6 is 11.3 Å². The molecule has 1 unspecified atom stereocenters. The first-order valence-electron chi connectivity index (χ1n) is 8.99. The number of rotatable bonds is 4. The van der Waals surface area contributed by atoms with Crippen molar-refractivity contribution < 1.29 is 17.9 Å². The second kappa shape index (κ2) is 6.80. The molecule has 0 saturated carbocycles. The standard InChI is InChI=1S/C18H23N3O4S2/c1-20(2)11-13-10-18(17(22)25-13)5-7-21(8-6-18)27(23,24)14-3-4-15-16(9-14)26-12-19-15/h3-4,9,12-13H,5-8,10-11H2,1-2H3. The number of benzene rings is 1. The molecule has 7 nitrogen and oxygen atoms in total. The lowest BCUT2D eigenvalue weighted by molar-refractivity contribution is -0.150. The molecule has 27 heavy (non-hydrogen) atoms. The average molecular weight is 410 g/mol. The Morgan fingerprint density at radius 3 is 2.78 bits per heavy atom. The van der Waals surface area contributed by atoms with Gasteiger partial charge < -0.3 is 9.64 Å². The van der Waals surface area contributed by atoms with Crippen molar-refractivity contribution in [3.63, 3.8) is 0 Å². The second-order valence-corrected chi connectivity index (χ2v) is 10.5. The second-order valence-electron chi connectivity index (χ2n) is 7.66. The van der Waals surface area contributed by atoms with E-state index >= 15 is 0 Å². The molecule has 2 saturated heterocycles. The van der Waals surface area contributed by atoms with Crippen LogP contribution in [0.4, 0.5) is 0 Å². The number of esters is 1. The Kier molecular flexibility index (Phi) is 4.74. The van der Waals surface area contributed by atoms with Crippen molar-refractivity contribution in [3.05, 3.63) is 23.7 Å². The van der Waals surface area contributed by atoms with E-state index in [0.717, 1.165) is 10.2 Å². The number of carbonyl (C=O) groups is 1. The highest BCUT2D eigenvalue weighted by Gasteiger charge is 2.51. The highest BCUT2D eigenvalue weighted by Crippen LogP contribution is 2.44. The summed E-state index contributed by atoms with van der Waals surface area (Å²) in [6.07, 6.45) is 1.59. The van der Waals surface area contributed by atoms with Gasteiger partial charge in [-0.25, -0.2) is 13.4 Å². The van der Waals surface area contributed by atoms with Crippen molar-refractivity contribution in [3.8, 4) is 0 Å². The molecule has 0 radical (unpaired) electrons. The van der Waals surface area contributed by atoms with Gasteiger partial charge in [-0.15, -0.1) is 11.3 Å². The number of sulfonamides is 1. The minimum Gasteiger partial charge on any atom is -0.461 e. The quantitative estimate of drug-likeness (QED) is 0.718. The predicted molar refractivity (Wildman–Crippen MR) is 103 cm³/mol. The summed E-state index contributed by atoms with van der Waals surface area (Å²) in [6.45, 7) is 1.38. The first kappa shape index (κ1) is 18.8. The summed E-state index contributed by atoms with van der Waals surface area (Å²) in [4.78, 5) is 19.0. The molecule has 0 amide bonds. The first-order chi connectivity index (χ1) is 12.8. The van der Waals surface area contributed by atoms with Crippen LogP contribution in [-0.2, 0) is 19.6 Å². The lowest BCUT2D eigenvalue weighted by Crippen LogP contribution is -2.45. The summed E-state index contributed by atoms with van der Waals surface area (Å²) in [5.41, 5.74) is 1.98. The van der Waals surface area contributed by atoms with E-state index in [2.05, 4.69) is 4.98 Å². The fourth-order valence-corrected chi connectivity index (χ4v) is 6.31. The van der Waals surface area contributed by atoms with Crippen LogP contribution in [0.3, 0.4) is 0 Å². The molecule has 2 aromatic rings. The van der Waals surface area contributed by atoms with Gasteiger partial charge in [0.25, 0.3) is 0 Å². The van der Waals surface area contributed by atoms with E-state index in [1.54, 1.807) is 23.7 Å². The smallest absolute Gasteiger partial charge is 0.312 e. The van der Waals surface area contributed by atoms with Crippen molar-refractivity contribution in [1.29, 1.82) is 0 Å². The van der Waals surface area contributed by atoms with Crippen LogP contribution in [0.15, 0.2) is 28.6 Å². The van der Waals surface area contributed by atoms with Gasteiger partial charge in [0.2, 0.25) is 10.0 Å². The summed E-state index contributed by atoms with van der Waals surface area (Å²) in [7, 11) is 0.329. The minimum atomic E-state index is -3.58. The van der Waals surface area contributed by atoms with E-state index in [4.69, 9.17) is 4.74 Å². The van der Waals surface area contributed by atoms with Crippen molar-refractivity contribution >= 4 is 37.5 Å². The Hall–Kier alpha value is -1.55. The number of piperidine rings is 1. The molecule has 3 heterocycles. The van der Waals surface area contributed by atoms with Crippen LogP contribution in [0, 0.1) is 5.41 Å². The summed E-state index contributed by atoms with van der Waals surface area (Å²) in [6, 6.07) is 5.03. The van der Waals surface area contributed by atoms with E-state index < -0.39 is 15.4 Å². The molecule has 0 N–H and O–H groups in total. The molecule has 1 spiro atoms. The number of cyclic esters (lactones) is 1. The van der Waals surface area contributed by atoms with Crippen molar-refractivity contribution in [1.82, 2.24) is 14.2 Å². The average Bonchev–Trinajstić information content (AvgIpc) is 3.19. The third-order valence-electron chi connectivity index (χ3n) is 5.51. The molecule has 2 fully saturated rings. The fourth-order valence-electron chi connectivity index (χ4n) is 4.05. The molecule has 0 bridgehead atoms. The van der Waals surface area contributed by atoms with Crippen LogP contribution in [0.2, 0.25) is 0 Å². The van der Waals surface area contributed by atoms with E-state index in [1.165, 1.54) is 15.6 Å². The maximum Gasteiger partial charge on any atom is 0.312 e. The minimum absolute atomic E-state index is 0.107. The zero-order valence-corrected chi connectivity index (χ0v) is 17.1. The molecule has 1 atom stereocenters. The number of likely N-dealkylation sites (N-methyl/N-ethyl adjacent to an activating group) is 1. The summed E-state index contributed by atoms with van der Waals surface area (Å²) < 4.78 is 34.0. The summed E-state index contributed by atoms with van der Waals surface area (Å²) in [5, 5.41) is 0. The number of fused-ring (bicyclic) bond motifs is 1. The van der Waals surface area contributed by atoms with Gasteiger partial charge in [-0.05, 0) is 45.1 Å². The SMILES string of the molecule is CN(C)CC1CC2(CCN(S(=O)(=O)c3ccc4ncsc4c3)CC2)C(=O)O1. The molecule has 146 valence electrons. The van der Waals surface area contributed by atoms with E-state index in [0.29, 0.717) is 38.9 Å². The van der Waals surface area contributed by atoms with Crippen molar-refractivity contribution in [2.75, 3.05) is 33.7 Å². The Morgan fingerprint density at radius 1 is 1.33 bits per heavy atom. The largest absolute Gasteiger partial charge is 0.461 e. The van der Waals surface area contributed by atoms with Crippen LogP contribution in [0.1, 0.15) is 19.3 Å². The molecule has 2 aliphatic heterocycles. The van der Waals surface area contributed by atoms with Gasteiger partial charge in [-0.3, -0.25) is 4.79 Å². The Morgan fingerprint density at radius 2 is 2.07 bits per heavy atom. The summed E-state index contributed by atoms with van der Waals surface area (Å²) >= 11 is 1.43. The van der Waals surface area contributed by atoms with Crippen LogP contribution < -0.4 is 0 Å². The van der Waals surface area contributed by atoms with Gasteiger partial charge in [0.05, 0.1) is 26.0 Å². The summed E-state index contributed by atoms with van der Waals surface area (Å²) in [5.74, 6) is -0.169. The highest BCUT2D eigenvalue weighted by molar-refractivity contribution is 7.89. The number of ether oxygens (including phenoxy) is 1. The normalized spacial score (nSPS) is 23.4. The molecular formula is C18H23N3O4S2. The molecule has 0 aliphatic carbocycles. The zero-order valence-electron chi connectivity index (χ0n) is 15.4. The van der Waals surface area contributed by atoms with Gasteiger partial charge in [-0.1, -0.05) is 0 Å². The van der Waals surface area contributed by atoms with Gasteiger partial charge in [-0.2, -0.15) is 4.31 Å². The number of aromatic nitrogens is 1. The number of hydrogen-bond acceptors (Lipinski definition) is 7. The van der Waals surface area contributed by atoms with Crippen LogP contribution in [0.25, 0.3) is 10.2 Å². The Bertz CT molecular complexity index is 962. The molecular weight excluding hydrogens is 386 g/mol.